The number of amides is 1. The number of aromatic nitrogens is 1. The Bertz CT molecular complexity index is 495. The van der Waals surface area contributed by atoms with Crippen LogP contribution < -0.4 is 16.2 Å². The van der Waals surface area contributed by atoms with Gasteiger partial charge in [-0.2, -0.15) is 0 Å². The largest absolute Gasteiger partial charge is 0.353 e. The summed E-state index contributed by atoms with van der Waals surface area (Å²) in [5.74, 6) is 0.896. The molecule has 0 radical (unpaired) electrons. The molecule has 0 aliphatic carbocycles. The lowest BCUT2D eigenvalue weighted by Gasteiger charge is -2.32. The Kier molecular flexibility index (Phi) is 6.57. The standard InChI is InChI=1S/C18H29N5O/c24-18(5-1-3-15-12-20-21-13-15)22-17-6-9-23(10-7-17)14-16-4-2-8-19-11-16/h2,4,8,11,15,17,20-21H,1,3,5-7,9-10,12-14H2,(H,22,24). The van der Waals surface area contributed by atoms with E-state index in [0.29, 0.717) is 18.4 Å². The molecule has 6 nitrogen and oxygen atoms in total. The number of carbonyl (C=O) groups is 1. The van der Waals surface area contributed by atoms with Crippen LogP contribution in [-0.4, -0.2) is 48.0 Å². The molecule has 0 spiro atoms. The number of hydrazine groups is 1. The number of piperidine rings is 1. The summed E-state index contributed by atoms with van der Waals surface area (Å²) in [4.78, 5) is 18.7. The maximum Gasteiger partial charge on any atom is 0.220 e. The number of likely N-dealkylation sites (tertiary alicyclic amines) is 1. The molecular weight excluding hydrogens is 302 g/mol. The van der Waals surface area contributed by atoms with Gasteiger partial charge >= 0.3 is 0 Å². The van der Waals surface area contributed by atoms with E-state index in [2.05, 4.69) is 32.1 Å². The van der Waals surface area contributed by atoms with Crippen molar-refractivity contribution in [3.05, 3.63) is 30.1 Å². The van der Waals surface area contributed by atoms with Crippen LogP contribution in [0.25, 0.3) is 0 Å². The molecule has 3 heterocycles. The van der Waals surface area contributed by atoms with Gasteiger partial charge in [0.05, 0.1) is 0 Å². The average Bonchev–Trinajstić information content (AvgIpc) is 3.11. The summed E-state index contributed by atoms with van der Waals surface area (Å²) in [6.07, 6.45) is 8.60. The van der Waals surface area contributed by atoms with Crippen molar-refractivity contribution < 1.29 is 4.79 Å². The second-order valence-electron chi connectivity index (χ2n) is 7.00. The summed E-state index contributed by atoms with van der Waals surface area (Å²) >= 11 is 0. The van der Waals surface area contributed by atoms with Crippen LogP contribution in [0.2, 0.25) is 0 Å². The van der Waals surface area contributed by atoms with Gasteiger partial charge in [-0.25, -0.2) is 0 Å². The van der Waals surface area contributed by atoms with Crippen LogP contribution in [-0.2, 0) is 11.3 Å². The van der Waals surface area contributed by atoms with Gasteiger partial charge < -0.3 is 5.32 Å². The maximum atomic E-state index is 12.1. The summed E-state index contributed by atoms with van der Waals surface area (Å²) in [7, 11) is 0. The number of rotatable bonds is 7. The molecule has 2 aliphatic heterocycles. The van der Waals surface area contributed by atoms with Crippen LogP contribution >= 0.6 is 0 Å². The molecule has 1 aromatic heterocycles. The Labute approximate surface area is 144 Å². The first kappa shape index (κ1) is 17.3. The maximum absolute atomic E-state index is 12.1. The molecule has 132 valence electrons. The lowest BCUT2D eigenvalue weighted by molar-refractivity contribution is -0.122. The van der Waals surface area contributed by atoms with Crippen molar-refractivity contribution in [2.24, 2.45) is 5.92 Å². The Morgan fingerprint density at radius 1 is 1.29 bits per heavy atom. The lowest BCUT2D eigenvalue weighted by atomic mass is 10.0. The van der Waals surface area contributed by atoms with Crippen molar-refractivity contribution in [1.29, 1.82) is 0 Å². The van der Waals surface area contributed by atoms with E-state index >= 15 is 0 Å². The first-order chi connectivity index (χ1) is 11.8. The Balaban J connectivity index is 1.29. The normalized spacial score (nSPS) is 20.3. The van der Waals surface area contributed by atoms with E-state index < -0.39 is 0 Å². The number of hydrogen-bond acceptors (Lipinski definition) is 5. The van der Waals surface area contributed by atoms with E-state index in [9.17, 15) is 4.79 Å². The van der Waals surface area contributed by atoms with Crippen molar-refractivity contribution in [3.63, 3.8) is 0 Å². The van der Waals surface area contributed by atoms with E-state index in [1.807, 2.05) is 18.5 Å². The summed E-state index contributed by atoms with van der Waals surface area (Å²) in [5, 5.41) is 3.22. The molecule has 0 saturated carbocycles. The highest BCUT2D eigenvalue weighted by Crippen LogP contribution is 2.14. The molecule has 2 saturated heterocycles. The molecule has 3 rings (SSSR count). The van der Waals surface area contributed by atoms with Crippen molar-refractivity contribution in [2.45, 2.75) is 44.7 Å². The molecule has 0 aromatic carbocycles. The van der Waals surface area contributed by atoms with Gasteiger partial charge in [-0.1, -0.05) is 6.07 Å². The van der Waals surface area contributed by atoms with Crippen LogP contribution in [0, 0.1) is 5.92 Å². The topological polar surface area (TPSA) is 69.3 Å². The second-order valence-corrected chi connectivity index (χ2v) is 7.00. The summed E-state index contributed by atoms with van der Waals surface area (Å²) in [6, 6.07) is 4.45. The molecule has 0 bridgehead atoms. The van der Waals surface area contributed by atoms with Gasteiger partial charge in [-0.05, 0) is 43.2 Å². The fraction of sp³-hybridized carbons (Fsp3) is 0.667. The second kappa shape index (κ2) is 9.11. The molecule has 24 heavy (non-hydrogen) atoms. The highest BCUT2D eigenvalue weighted by Gasteiger charge is 2.21. The molecule has 2 aliphatic rings. The van der Waals surface area contributed by atoms with Crippen molar-refractivity contribution in [2.75, 3.05) is 26.2 Å². The monoisotopic (exact) mass is 331 g/mol. The molecule has 1 amide bonds. The van der Waals surface area contributed by atoms with Crippen LogP contribution in [0.3, 0.4) is 0 Å². The van der Waals surface area contributed by atoms with Gasteiger partial charge in [0, 0.05) is 57.6 Å². The first-order valence-electron chi connectivity index (χ1n) is 9.16. The Morgan fingerprint density at radius 2 is 2.08 bits per heavy atom. The third-order valence-corrected chi connectivity index (χ3v) is 5.00. The molecule has 0 unspecified atom stereocenters. The van der Waals surface area contributed by atoms with Gasteiger partial charge in [0.25, 0.3) is 0 Å². The van der Waals surface area contributed by atoms with E-state index in [-0.39, 0.29) is 5.91 Å². The third-order valence-electron chi connectivity index (χ3n) is 5.00. The van der Waals surface area contributed by atoms with Crippen LogP contribution in [0.4, 0.5) is 0 Å². The molecular formula is C18H29N5O. The average molecular weight is 331 g/mol. The minimum atomic E-state index is 0.222. The summed E-state index contributed by atoms with van der Waals surface area (Å²) < 4.78 is 0. The van der Waals surface area contributed by atoms with Gasteiger partial charge in [-0.15, -0.1) is 0 Å². The van der Waals surface area contributed by atoms with Gasteiger partial charge in [0.2, 0.25) is 5.91 Å². The van der Waals surface area contributed by atoms with E-state index in [0.717, 1.165) is 58.4 Å². The SMILES string of the molecule is O=C(CCCC1CNNC1)NC1CCN(Cc2cccnc2)CC1. The molecule has 2 fully saturated rings. The van der Waals surface area contributed by atoms with Crippen LogP contribution in [0.5, 0.6) is 0 Å². The summed E-state index contributed by atoms with van der Waals surface area (Å²) in [6.45, 7) is 5.09. The predicted molar refractivity (Wildman–Crippen MR) is 94.0 cm³/mol. The third kappa shape index (κ3) is 5.54. The number of carbonyl (C=O) groups excluding carboxylic acids is 1. The van der Waals surface area contributed by atoms with Gasteiger partial charge in [-0.3, -0.25) is 25.5 Å². The smallest absolute Gasteiger partial charge is 0.220 e. The quantitative estimate of drug-likeness (QED) is 0.697. The molecule has 1 aromatic rings. The van der Waals surface area contributed by atoms with E-state index in [1.54, 1.807) is 0 Å². The zero-order valence-electron chi connectivity index (χ0n) is 14.3. The zero-order valence-corrected chi connectivity index (χ0v) is 14.3. The predicted octanol–water partition coefficient (Wildman–Crippen LogP) is 1.06. The van der Waals surface area contributed by atoms with Gasteiger partial charge in [0.1, 0.15) is 0 Å². The van der Waals surface area contributed by atoms with Crippen LogP contribution in [0.15, 0.2) is 24.5 Å². The number of nitrogens with zero attached hydrogens (tertiary/aromatic N) is 2. The van der Waals surface area contributed by atoms with Crippen LogP contribution in [0.1, 0.15) is 37.7 Å². The fourth-order valence-electron chi connectivity index (χ4n) is 3.55. The van der Waals surface area contributed by atoms with Gasteiger partial charge in [0.15, 0.2) is 0 Å². The molecule has 6 heteroatoms. The minimum absolute atomic E-state index is 0.222. The minimum Gasteiger partial charge on any atom is -0.353 e. The highest BCUT2D eigenvalue weighted by atomic mass is 16.1. The Hall–Kier alpha value is -1.50. The number of pyridine rings is 1. The van der Waals surface area contributed by atoms with Crippen molar-refractivity contribution in [3.8, 4) is 0 Å². The molecule has 0 atom stereocenters. The Morgan fingerprint density at radius 3 is 2.79 bits per heavy atom. The van der Waals surface area contributed by atoms with E-state index in [1.165, 1.54) is 5.56 Å². The number of hydrogen-bond donors (Lipinski definition) is 3. The van der Waals surface area contributed by atoms with Crippen molar-refractivity contribution >= 4 is 5.91 Å². The first-order valence-corrected chi connectivity index (χ1v) is 9.16. The molecule has 3 N–H and O–H groups in total. The lowest BCUT2D eigenvalue weighted by Crippen LogP contribution is -2.44. The van der Waals surface area contributed by atoms with E-state index in [4.69, 9.17) is 0 Å². The van der Waals surface area contributed by atoms with Crippen molar-refractivity contribution in [1.82, 2.24) is 26.1 Å². The zero-order chi connectivity index (χ0) is 16.6. The number of nitrogens with one attached hydrogen (secondary N) is 3. The fourth-order valence-corrected chi connectivity index (χ4v) is 3.55. The summed E-state index contributed by atoms with van der Waals surface area (Å²) in [5.41, 5.74) is 7.54. The highest BCUT2D eigenvalue weighted by molar-refractivity contribution is 5.76.